The average molecular weight is 350 g/mol. The van der Waals surface area contributed by atoms with Crippen LogP contribution in [-0.2, 0) is 21.4 Å². The van der Waals surface area contributed by atoms with E-state index in [2.05, 4.69) is 5.32 Å². The van der Waals surface area contributed by atoms with Crippen LogP contribution in [0.2, 0.25) is 0 Å². The van der Waals surface area contributed by atoms with E-state index in [1.54, 1.807) is 25.1 Å². The van der Waals surface area contributed by atoms with Gasteiger partial charge in [-0.15, -0.1) is 0 Å². The summed E-state index contributed by atoms with van der Waals surface area (Å²) in [5.74, 6) is -0.793. The van der Waals surface area contributed by atoms with E-state index < -0.39 is 15.8 Å². The van der Waals surface area contributed by atoms with E-state index in [1.807, 2.05) is 0 Å². The lowest BCUT2D eigenvalue weighted by Crippen LogP contribution is -2.40. The summed E-state index contributed by atoms with van der Waals surface area (Å²) in [5, 5.41) is 2.59. The monoisotopic (exact) mass is 350 g/mol. The highest BCUT2D eigenvalue weighted by atomic mass is 32.2. The first-order valence-corrected chi connectivity index (χ1v) is 8.94. The largest absolute Gasteiger partial charge is 0.355 e. The molecule has 5 nitrogen and oxygen atoms in total. The summed E-state index contributed by atoms with van der Waals surface area (Å²) >= 11 is 0. The van der Waals surface area contributed by atoms with Crippen molar-refractivity contribution in [1.29, 1.82) is 0 Å². The number of carbonyl (C=O) groups excluding carboxylic acids is 1. The van der Waals surface area contributed by atoms with Crippen molar-refractivity contribution in [3.8, 4) is 0 Å². The van der Waals surface area contributed by atoms with Crippen molar-refractivity contribution in [3.63, 3.8) is 0 Å². The van der Waals surface area contributed by atoms with Crippen molar-refractivity contribution in [3.05, 3.63) is 66.0 Å². The Labute approximate surface area is 141 Å². The van der Waals surface area contributed by atoms with Crippen LogP contribution in [0.25, 0.3) is 0 Å². The Morgan fingerprint density at radius 2 is 1.71 bits per heavy atom. The number of hydrogen-bond donors (Lipinski definition) is 1. The van der Waals surface area contributed by atoms with Crippen LogP contribution in [0.4, 0.5) is 4.39 Å². The van der Waals surface area contributed by atoms with Crippen LogP contribution < -0.4 is 5.32 Å². The maximum Gasteiger partial charge on any atom is 0.243 e. The van der Waals surface area contributed by atoms with Crippen molar-refractivity contribution in [1.82, 2.24) is 9.62 Å². The molecule has 0 saturated carbocycles. The molecule has 0 aliphatic carbocycles. The molecule has 0 atom stereocenters. The van der Waals surface area contributed by atoms with E-state index in [0.29, 0.717) is 12.1 Å². The molecule has 0 unspecified atom stereocenters. The quantitative estimate of drug-likeness (QED) is 0.832. The molecule has 0 heterocycles. The fourth-order valence-corrected chi connectivity index (χ4v) is 3.58. The van der Waals surface area contributed by atoms with Crippen LogP contribution in [0, 0.1) is 5.82 Å². The molecule has 1 amide bonds. The standard InChI is InChI=1S/C17H19FN2O3S/c1-2-19-17(21)13-20(12-14-8-10-15(18)11-9-14)24(22,23)16-6-4-3-5-7-16/h3-11H,2,12-13H2,1H3,(H,19,21). The molecule has 0 aliphatic heterocycles. The number of nitrogens with zero attached hydrogens (tertiary/aromatic N) is 1. The molecule has 0 aliphatic rings. The van der Waals surface area contributed by atoms with Gasteiger partial charge in [-0.05, 0) is 36.8 Å². The molecule has 1 N–H and O–H groups in total. The summed E-state index contributed by atoms with van der Waals surface area (Å²) in [6.07, 6.45) is 0. The number of halogens is 1. The van der Waals surface area contributed by atoms with E-state index in [1.165, 1.54) is 36.4 Å². The van der Waals surface area contributed by atoms with Gasteiger partial charge in [0.2, 0.25) is 15.9 Å². The Morgan fingerprint density at radius 3 is 2.29 bits per heavy atom. The molecule has 0 fully saturated rings. The van der Waals surface area contributed by atoms with E-state index in [-0.39, 0.29) is 23.9 Å². The van der Waals surface area contributed by atoms with Gasteiger partial charge >= 0.3 is 0 Å². The van der Waals surface area contributed by atoms with Gasteiger partial charge in [0.05, 0.1) is 11.4 Å². The molecule has 0 bridgehead atoms. The predicted molar refractivity (Wildman–Crippen MR) is 89.1 cm³/mol. The number of nitrogens with one attached hydrogen (secondary N) is 1. The number of rotatable bonds is 7. The van der Waals surface area contributed by atoms with Crippen LogP contribution in [0.5, 0.6) is 0 Å². The summed E-state index contributed by atoms with van der Waals surface area (Å²) in [4.78, 5) is 12.0. The summed E-state index contributed by atoms with van der Waals surface area (Å²) in [6, 6.07) is 13.4. The van der Waals surface area contributed by atoms with Gasteiger partial charge in [-0.1, -0.05) is 30.3 Å². The van der Waals surface area contributed by atoms with Gasteiger partial charge < -0.3 is 5.32 Å². The lowest BCUT2D eigenvalue weighted by atomic mass is 10.2. The third kappa shape index (κ3) is 4.62. The summed E-state index contributed by atoms with van der Waals surface area (Å²) in [6.45, 7) is 1.85. The molecule has 0 spiro atoms. The van der Waals surface area contributed by atoms with Crippen LogP contribution in [0.3, 0.4) is 0 Å². The highest BCUT2D eigenvalue weighted by Gasteiger charge is 2.26. The average Bonchev–Trinajstić information content (AvgIpc) is 2.57. The van der Waals surface area contributed by atoms with Crippen LogP contribution in [-0.4, -0.2) is 31.7 Å². The normalized spacial score (nSPS) is 11.5. The van der Waals surface area contributed by atoms with Crippen LogP contribution in [0.1, 0.15) is 12.5 Å². The Hall–Kier alpha value is -2.25. The third-order valence-electron chi connectivity index (χ3n) is 3.35. The van der Waals surface area contributed by atoms with E-state index in [4.69, 9.17) is 0 Å². The van der Waals surface area contributed by atoms with E-state index >= 15 is 0 Å². The number of likely N-dealkylation sites (N-methyl/N-ethyl adjacent to an activating group) is 1. The first-order chi connectivity index (χ1) is 11.4. The Bertz CT molecular complexity index is 777. The fourth-order valence-electron chi connectivity index (χ4n) is 2.17. The lowest BCUT2D eigenvalue weighted by molar-refractivity contribution is -0.121. The summed E-state index contributed by atoms with van der Waals surface area (Å²) in [5.41, 5.74) is 0.597. The molecule has 24 heavy (non-hydrogen) atoms. The number of sulfonamides is 1. The van der Waals surface area contributed by atoms with Crippen molar-refractivity contribution >= 4 is 15.9 Å². The number of hydrogen-bond acceptors (Lipinski definition) is 3. The van der Waals surface area contributed by atoms with Crippen molar-refractivity contribution in [2.24, 2.45) is 0 Å². The molecule has 2 aromatic carbocycles. The molecular weight excluding hydrogens is 331 g/mol. The van der Waals surface area contributed by atoms with Crippen molar-refractivity contribution in [2.75, 3.05) is 13.1 Å². The molecule has 128 valence electrons. The molecule has 7 heteroatoms. The molecule has 2 rings (SSSR count). The van der Waals surface area contributed by atoms with Gasteiger partial charge in [-0.2, -0.15) is 4.31 Å². The SMILES string of the molecule is CCNC(=O)CN(Cc1ccc(F)cc1)S(=O)(=O)c1ccccc1. The summed E-state index contributed by atoms with van der Waals surface area (Å²) in [7, 11) is -3.84. The topological polar surface area (TPSA) is 66.5 Å². The first kappa shape index (κ1) is 18.1. The molecule has 0 radical (unpaired) electrons. The fraction of sp³-hybridized carbons (Fsp3) is 0.235. The maximum absolute atomic E-state index is 13.0. The zero-order valence-electron chi connectivity index (χ0n) is 13.3. The zero-order valence-corrected chi connectivity index (χ0v) is 14.1. The first-order valence-electron chi connectivity index (χ1n) is 7.50. The number of benzene rings is 2. The minimum absolute atomic E-state index is 0.0192. The van der Waals surface area contributed by atoms with Gasteiger partial charge in [-0.3, -0.25) is 4.79 Å². The predicted octanol–water partition coefficient (Wildman–Crippen LogP) is 2.15. The second-order valence-electron chi connectivity index (χ2n) is 5.17. The molecular formula is C17H19FN2O3S. The minimum atomic E-state index is -3.84. The number of amides is 1. The molecule has 0 aromatic heterocycles. The summed E-state index contributed by atoms with van der Waals surface area (Å²) < 4.78 is 39.8. The molecule has 2 aromatic rings. The second kappa shape index (κ2) is 8.03. The Morgan fingerprint density at radius 1 is 1.08 bits per heavy atom. The second-order valence-corrected chi connectivity index (χ2v) is 7.10. The van der Waals surface area contributed by atoms with Gasteiger partial charge in [0.15, 0.2) is 0 Å². The highest BCUT2D eigenvalue weighted by Crippen LogP contribution is 2.18. The smallest absolute Gasteiger partial charge is 0.243 e. The molecule has 0 saturated heterocycles. The van der Waals surface area contributed by atoms with Gasteiger partial charge in [0.1, 0.15) is 5.82 Å². The van der Waals surface area contributed by atoms with Gasteiger partial charge in [0, 0.05) is 13.1 Å². The van der Waals surface area contributed by atoms with E-state index in [0.717, 1.165) is 4.31 Å². The maximum atomic E-state index is 13.0. The lowest BCUT2D eigenvalue weighted by Gasteiger charge is -2.22. The van der Waals surface area contributed by atoms with Crippen LogP contribution in [0.15, 0.2) is 59.5 Å². The Kier molecular flexibility index (Phi) is 6.05. The third-order valence-corrected chi connectivity index (χ3v) is 5.15. The minimum Gasteiger partial charge on any atom is -0.355 e. The van der Waals surface area contributed by atoms with E-state index in [9.17, 15) is 17.6 Å². The van der Waals surface area contributed by atoms with Crippen molar-refractivity contribution < 1.29 is 17.6 Å². The van der Waals surface area contributed by atoms with Crippen LogP contribution >= 0.6 is 0 Å². The van der Waals surface area contributed by atoms with Gasteiger partial charge in [-0.25, -0.2) is 12.8 Å². The van der Waals surface area contributed by atoms with Crippen molar-refractivity contribution in [2.45, 2.75) is 18.4 Å². The highest BCUT2D eigenvalue weighted by molar-refractivity contribution is 7.89. The Balaban J connectivity index is 2.31. The van der Waals surface area contributed by atoms with Gasteiger partial charge in [0.25, 0.3) is 0 Å². The zero-order chi connectivity index (χ0) is 17.6. The number of carbonyl (C=O) groups is 1.